The predicted molar refractivity (Wildman–Crippen MR) is 93.0 cm³/mol. The molecule has 1 aromatic carbocycles. The molecule has 11 heteroatoms. The fraction of sp³-hybridized carbons (Fsp3) is 0.188. The number of benzene rings is 1. The van der Waals surface area contributed by atoms with Crippen molar-refractivity contribution in [1.82, 2.24) is 9.55 Å². The third-order valence-electron chi connectivity index (χ3n) is 3.57. The van der Waals surface area contributed by atoms with Crippen molar-refractivity contribution in [3.05, 3.63) is 50.7 Å². The summed E-state index contributed by atoms with van der Waals surface area (Å²) in [6.07, 6.45) is -5.16. The first-order valence-electron chi connectivity index (χ1n) is 7.36. The number of thiazole rings is 1. The van der Waals surface area contributed by atoms with Gasteiger partial charge in [0.2, 0.25) is 0 Å². The number of pyridine rings is 1. The molecule has 27 heavy (non-hydrogen) atoms. The molecule has 1 unspecified atom stereocenters. The summed E-state index contributed by atoms with van der Waals surface area (Å²) >= 11 is 6.78. The standard InChI is InChI=1S/C16H10ClF3N2O4S/c1-7(14(23)24)26-9-2-3-12-11(5-9)22(15(25)27-12)13-10(17)4-8(6-21-13)16(18,19)20/h2-7H,1H3,(H,23,24). The highest BCUT2D eigenvalue weighted by molar-refractivity contribution is 7.16. The quantitative estimate of drug-likeness (QED) is 0.693. The van der Waals surface area contributed by atoms with Crippen molar-refractivity contribution in [3.8, 4) is 11.6 Å². The number of hydrogen-bond donors (Lipinski definition) is 1. The van der Waals surface area contributed by atoms with E-state index in [1.807, 2.05) is 0 Å². The molecular formula is C16H10ClF3N2O4S. The molecule has 0 saturated carbocycles. The molecule has 142 valence electrons. The monoisotopic (exact) mass is 418 g/mol. The van der Waals surface area contributed by atoms with Gasteiger partial charge >= 0.3 is 17.0 Å². The molecule has 1 atom stereocenters. The Morgan fingerprint density at radius 1 is 1.37 bits per heavy atom. The Labute approximate surface area is 158 Å². The number of aromatic nitrogens is 2. The number of halogens is 4. The minimum Gasteiger partial charge on any atom is -0.479 e. The first-order chi connectivity index (χ1) is 12.6. The van der Waals surface area contributed by atoms with Crippen LogP contribution >= 0.6 is 22.9 Å². The number of hydrogen-bond acceptors (Lipinski definition) is 5. The number of carboxylic acids is 1. The van der Waals surface area contributed by atoms with Gasteiger partial charge in [0, 0.05) is 12.3 Å². The Morgan fingerprint density at radius 3 is 2.67 bits per heavy atom. The summed E-state index contributed by atoms with van der Waals surface area (Å²) in [7, 11) is 0. The van der Waals surface area contributed by atoms with Gasteiger partial charge in [-0.05, 0) is 25.1 Å². The number of rotatable bonds is 4. The van der Waals surface area contributed by atoms with E-state index in [9.17, 15) is 22.8 Å². The fourth-order valence-electron chi connectivity index (χ4n) is 2.27. The van der Waals surface area contributed by atoms with Crippen LogP contribution in [0.4, 0.5) is 13.2 Å². The molecule has 3 rings (SSSR count). The lowest BCUT2D eigenvalue weighted by Crippen LogP contribution is -2.22. The van der Waals surface area contributed by atoms with Crippen molar-refractivity contribution in [2.75, 3.05) is 0 Å². The molecule has 0 aliphatic heterocycles. The van der Waals surface area contributed by atoms with Crippen LogP contribution in [0.3, 0.4) is 0 Å². The highest BCUT2D eigenvalue weighted by Crippen LogP contribution is 2.33. The Bertz CT molecular complexity index is 1090. The number of ether oxygens (including phenoxy) is 1. The molecule has 6 nitrogen and oxygen atoms in total. The van der Waals surface area contributed by atoms with Crippen LogP contribution in [0.2, 0.25) is 5.02 Å². The van der Waals surface area contributed by atoms with E-state index in [-0.39, 0.29) is 22.1 Å². The first-order valence-corrected chi connectivity index (χ1v) is 8.55. The molecule has 1 N–H and O–H groups in total. The Kier molecular flexibility index (Phi) is 4.87. The molecule has 0 fully saturated rings. The highest BCUT2D eigenvalue weighted by Gasteiger charge is 2.32. The third-order valence-corrected chi connectivity index (χ3v) is 4.77. The smallest absolute Gasteiger partial charge is 0.417 e. The number of aliphatic carboxylic acids is 1. The van der Waals surface area contributed by atoms with Crippen molar-refractivity contribution in [3.63, 3.8) is 0 Å². The molecule has 0 bridgehead atoms. The van der Waals surface area contributed by atoms with Crippen LogP contribution in [0.25, 0.3) is 16.0 Å². The zero-order valence-corrected chi connectivity index (χ0v) is 15.0. The molecule has 0 aliphatic rings. The minimum atomic E-state index is -4.62. The SMILES string of the molecule is CC(Oc1ccc2sc(=O)n(-c3ncc(C(F)(F)F)cc3Cl)c2c1)C(=O)O. The van der Waals surface area contributed by atoms with E-state index in [0.29, 0.717) is 17.0 Å². The second-order valence-electron chi connectivity index (χ2n) is 5.46. The Hall–Kier alpha value is -2.59. The van der Waals surface area contributed by atoms with Crippen LogP contribution in [0.15, 0.2) is 35.3 Å². The summed E-state index contributed by atoms with van der Waals surface area (Å²) in [4.78, 5) is 26.4. The molecule has 0 aliphatic carbocycles. The van der Waals surface area contributed by atoms with Gasteiger partial charge in [-0.1, -0.05) is 22.9 Å². The molecule has 0 spiro atoms. The maximum atomic E-state index is 12.8. The maximum absolute atomic E-state index is 12.8. The number of carboxylic acid groups (broad SMARTS) is 1. The molecule has 3 aromatic rings. The average Bonchev–Trinajstić information content (AvgIpc) is 2.89. The highest BCUT2D eigenvalue weighted by atomic mass is 35.5. The molecule has 0 amide bonds. The lowest BCUT2D eigenvalue weighted by atomic mass is 10.2. The van der Waals surface area contributed by atoms with Crippen molar-refractivity contribution in [2.24, 2.45) is 0 Å². The molecule has 0 saturated heterocycles. The normalized spacial score (nSPS) is 12.9. The van der Waals surface area contributed by atoms with Crippen LogP contribution in [0.5, 0.6) is 5.75 Å². The lowest BCUT2D eigenvalue weighted by Gasteiger charge is -2.12. The summed E-state index contributed by atoms with van der Waals surface area (Å²) in [5, 5.41) is 8.57. The van der Waals surface area contributed by atoms with Gasteiger partial charge in [0.05, 0.1) is 20.8 Å². The van der Waals surface area contributed by atoms with E-state index in [2.05, 4.69) is 4.98 Å². The largest absolute Gasteiger partial charge is 0.479 e. The van der Waals surface area contributed by atoms with E-state index in [1.54, 1.807) is 6.07 Å². The van der Waals surface area contributed by atoms with Crippen molar-refractivity contribution >= 4 is 39.1 Å². The maximum Gasteiger partial charge on any atom is 0.417 e. The van der Waals surface area contributed by atoms with E-state index >= 15 is 0 Å². The number of alkyl halides is 3. The van der Waals surface area contributed by atoms with E-state index < -0.39 is 28.7 Å². The second kappa shape index (κ2) is 6.86. The number of carbonyl (C=O) groups is 1. The van der Waals surface area contributed by atoms with E-state index in [0.717, 1.165) is 15.9 Å². The minimum absolute atomic E-state index is 0.163. The van der Waals surface area contributed by atoms with E-state index in [1.165, 1.54) is 19.1 Å². The summed E-state index contributed by atoms with van der Waals surface area (Å²) in [5.74, 6) is -1.17. The van der Waals surface area contributed by atoms with Crippen molar-refractivity contribution in [2.45, 2.75) is 19.2 Å². The predicted octanol–water partition coefficient (Wildman–Crippen LogP) is 3.97. The van der Waals surface area contributed by atoms with Crippen LogP contribution < -0.4 is 9.61 Å². The first kappa shape index (κ1) is 19.2. The third kappa shape index (κ3) is 3.76. The van der Waals surface area contributed by atoms with Gasteiger partial charge in [0.25, 0.3) is 0 Å². The van der Waals surface area contributed by atoms with Gasteiger partial charge in [-0.25, -0.2) is 14.3 Å². The summed E-state index contributed by atoms with van der Waals surface area (Å²) in [6.45, 7) is 1.33. The Morgan fingerprint density at radius 2 is 2.07 bits per heavy atom. The zero-order chi connectivity index (χ0) is 19.9. The van der Waals surface area contributed by atoms with Gasteiger partial charge in [-0.15, -0.1) is 0 Å². The van der Waals surface area contributed by atoms with Gasteiger partial charge in [-0.3, -0.25) is 4.79 Å². The molecule has 2 aromatic heterocycles. The summed E-state index contributed by atoms with van der Waals surface area (Å²) < 4.78 is 45.2. The van der Waals surface area contributed by atoms with Crippen LogP contribution in [0, 0.1) is 0 Å². The van der Waals surface area contributed by atoms with Crippen molar-refractivity contribution in [1.29, 1.82) is 0 Å². The van der Waals surface area contributed by atoms with Gasteiger partial charge in [-0.2, -0.15) is 13.2 Å². The van der Waals surface area contributed by atoms with Crippen LogP contribution in [0.1, 0.15) is 12.5 Å². The van der Waals surface area contributed by atoms with E-state index in [4.69, 9.17) is 21.4 Å². The summed E-state index contributed by atoms with van der Waals surface area (Å²) in [5.41, 5.74) is -0.752. The second-order valence-corrected chi connectivity index (χ2v) is 6.86. The Balaban J connectivity index is 2.13. The van der Waals surface area contributed by atoms with Crippen LogP contribution in [-0.2, 0) is 11.0 Å². The van der Waals surface area contributed by atoms with Crippen molar-refractivity contribution < 1.29 is 27.8 Å². The number of fused-ring (bicyclic) bond motifs is 1. The van der Waals surface area contributed by atoms with Crippen LogP contribution in [-0.4, -0.2) is 26.7 Å². The summed E-state index contributed by atoms with van der Waals surface area (Å²) in [6, 6.07) is 5.12. The topological polar surface area (TPSA) is 81.4 Å². The lowest BCUT2D eigenvalue weighted by molar-refractivity contribution is -0.144. The average molecular weight is 419 g/mol. The zero-order valence-electron chi connectivity index (χ0n) is 13.5. The van der Waals surface area contributed by atoms with Gasteiger partial charge in [0.1, 0.15) is 5.75 Å². The molecule has 2 heterocycles. The van der Waals surface area contributed by atoms with Gasteiger partial charge in [0.15, 0.2) is 11.9 Å². The molecular weight excluding hydrogens is 409 g/mol. The number of nitrogens with zero attached hydrogens (tertiary/aromatic N) is 2. The van der Waals surface area contributed by atoms with Gasteiger partial charge < -0.3 is 9.84 Å². The molecule has 0 radical (unpaired) electrons. The fourth-order valence-corrected chi connectivity index (χ4v) is 3.38.